The molecule has 0 saturated heterocycles. The molecular formula is C19H18N2O2. The fourth-order valence-electron chi connectivity index (χ4n) is 3.50. The zero-order valence-corrected chi connectivity index (χ0v) is 13.1. The maximum absolute atomic E-state index is 12.6. The summed E-state index contributed by atoms with van der Waals surface area (Å²) >= 11 is 0. The summed E-state index contributed by atoms with van der Waals surface area (Å²) in [6, 6.07) is 11.6. The van der Waals surface area contributed by atoms with Crippen LogP contribution in [0.1, 0.15) is 33.5 Å². The van der Waals surface area contributed by atoms with Crippen LogP contribution in [-0.4, -0.2) is 18.4 Å². The maximum atomic E-state index is 12.6. The van der Waals surface area contributed by atoms with Crippen LogP contribution in [0.2, 0.25) is 0 Å². The molecule has 0 unspecified atom stereocenters. The molecule has 0 aromatic heterocycles. The molecular weight excluding hydrogens is 288 g/mol. The van der Waals surface area contributed by atoms with E-state index in [4.69, 9.17) is 0 Å². The number of carbonyl (C=O) groups is 2. The quantitative estimate of drug-likeness (QED) is 0.927. The molecule has 116 valence electrons. The summed E-state index contributed by atoms with van der Waals surface area (Å²) < 4.78 is 0. The third kappa shape index (κ3) is 2.31. The molecule has 1 N–H and O–H groups in total. The van der Waals surface area contributed by atoms with Crippen molar-refractivity contribution in [2.45, 2.75) is 26.2 Å². The van der Waals surface area contributed by atoms with Gasteiger partial charge in [-0.05, 0) is 54.7 Å². The first-order chi connectivity index (χ1) is 11.1. The van der Waals surface area contributed by atoms with Crippen molar-refractivity contribution in [3.63, 3.8) is 0 Å². The van der Waals surface area contributed by atoms with Gasteiger partial charge in [0, 0.05) is 24.2 Å². The fourth-order valence-corrected chi connectivity index (χ4v) is 3.50. The van der Waals surface area contributed by atoms with Gasteiger partial charge < -0.3 is 10.2 Å². The van der Waals surface area contributed by atoms with Crippen LogP contribution in [0.4, 0.5) is 11.4 Å². The van der Waals surface area contributed by atoms with Gasteiger partial charge in [0.2, 0.25) is 5.91 Å². The van der Waals surface area contributed by atoms with Gasteiger partial charge in [-0.1, -0.05) is 18.2 Å². The van der Waals surface area contributed by atoms with Gasteiger partial charge in [0.25, 0.3) is 5.91 Å². The Hall–Kier alpha value is -2.62. The highest BCUT2D eigenvalue weighted by atomic mass is 16.2. The number of rotatable bonds is 2. The van der Waals surface area contributed by atoms with Gasteiger partial charge in [0.05, 0.1) is 5.69 Å². The summed E-state index contributed by atoms with van der Waals surface area (Å²) in [6.45, 7) is 2.72. The molecule has 2 aliphatic heterocycles. The molecule has 2 heterocycles. The summed E-state index contributed by atoms with van der Waals surface area (Å²) in [5, 5.41) is 2.99. The number of nitrogens with one attached hydrogen (secondary N) is 1. The van der Waals surface area contributed by atoms with Crippen LogP contribution in [0.5, 0.6) is 0 Å². The second-order valence-corrected chi connectivity index (χ2v) is 6.21. The van der Waals surface area contributed by atoms with Crippen LogP contribution >= 0.6 is 0 Å². The number of carbonyl (C=O) groups excluding carboxylic acids is 2. The Labute approximate surface area is 135 Å². The lowest BCUT2D eigenvalue weighted by Gasteiger charge is -2.25. The van der Waals surface area contributed by atoms with Crippen LogP contribution < -0.4 is 10.2 Å². The maximum Gasteiger partial charge on any atom is 0.255 e. The van der Waals surface area contributed by atoms with E-state index in [1.807, 2.05) is 48.2 Å². The monoisotopic (exact) mass is 306 g/mol. The number of anilines is 2. The zero-order valence-electron chi connectivity index (χ0n) is 13.1. The van der Waals surface area contributed by atoms with Crippen molar-refractivity contribution < 1.29 is 9.59 Å². The van der Waals surface area contributed by atoms with E-state index in [1.165, 1.54) is 0 Å². The van der Waals surface area contributed by atoms with Gasteiger partial charge in [-0.25, -0.2) is 0 Å². The number of benzene rings is 2. The first-order valence-corrected chi connectivity index (χ1v) is 7.96. The molecule has 0 spiro atoms. The van der Waals surface area contributed by atoms with E-state index in [1.54, 1.807) is 0 Å². The molecule has 2 aromatic rings. The average Bonchev–Trinajstić information content (AvgIpc) is 2.98. The highest BCUT2D eigenvalue weighted by molar-refractivity contribution is 6.06. The van der Waals surface area contributed by atoms with Crippen LogP contribution in [0, 0.1) is 6.92 Å². The van der Waals surface area contributed by atoms with Gasteiger partial charge in [-0.2, -0.15) is 0 Å². The Bertz CT molecular complexity index is 826. The van der Waals surface area contributed by atoms with Crippen molar-refractivity contribution in [2.24, 2.45) is 0 Å². The molecule has 2 amide bonds. The van der Waals surface area contributed by atoms with E-state index in [9.17, 15) is 9.59 Å². The minimum absolute atomic E-state index is 0.0892. The van der Waals surface area contributed by atoms with Gasteiger partial charge in [-0.3, -0.25) is 9.59 Å². The summed E-state index contributed by atoms with van der Waals surface area (Å²) in [5.74, 6) is 0.113. The lowest BCUT2D eigenvalue weighted by Crippen LogP contribution is -2.33. The summed E-state index contributed by atoms with van der Waals surface area (Å²) in [5.41, 5.74) is 5.84. The van der Waals surface area contributed by atoms with E-state index in [0.717, 1.165) is 47.5 Å². The Morgan fingerprint density at radius 1 is 1.09 bits per heavy atom. The molecule has 4 rings (SSSR count). The molecule has 0 bridgehead atoms. The molecule has 4 heteroatoms. The smallest absolute Gasteiger partial charge is 0.255 e. The lowest BCUT2D eigenvalue weighted by atomic mass is 9.96. The van der Waals surface area contributed by atoms with E-state index >= 15 is 0 Å². The standard InChI is InChI=1S/C19H18N2O2/c1-12-4-2-3-5-16(12)20-19(23)15-10-13-6-7-17(22)21-9-8-14(11-15)18(13)21/h2-5,10-11H,6-9H2,1H3,(H,20,23). The van der Waals surface area contributed by atoms with Gasteiger partial charge in [-0.15, -0.1) is 0 Å². The minimum Gasteiger partial charge on any atom is -0.322 e. The Balaban J connectivity index is 1.67. The summed E-state index contributed by atoms with van der Waals surface area (Å²) in [6.07, 6.45) is 2.10. The summed E-state index contributed by atoms with van der Waals surface area (Å²) in [7, 11) is 0. The Kier molecular flexibility index (Phi) is 3.18. The predicted molar refractivity (Wildman–Crippen MR) is 90.0 cm³/mol. The first-order valence-electron chi connectivity index (χ1n) is 7.96. The third-order valence-corrected chi connectivity index (χ3v) is 4.71. The fraction of sp³-hybridized carbons (Fsp3) is 0.263. The molecule has 2 aromatic carbocycles. The molecule has 23 heavy (non-hydrogen) atoms. The van der Waals surface area contributed by atoms with E-state index < -0.39 is 0 Å². The molecule has 0 fully saturated rings. The number of aryl methyl sites for hydroxylation is 2. The van der Waals surface area contributed by atoms with Crippen molar-refractivity contribution in [3.8, 4) is 0 Å². The topological polar surface area (TPSA) is 49.4 Å². The molecule has 0 radical (unpaired) electrons. The zero-order chi connectivity index (χ0) is 16.0. The van der Waals surface area contributed by atoms with Crippen LogP contribution in [0.25, 0.3) is 0 Å². The second kappa shape index (κ2) is 5.23. The average molecular weight is 306 g/mol. The summed E-state index contributed by atoms with van der Waals surface area (Å²) in [4.78, 5) is 26.4. The largest absolute Gasteiger partial charge is 0.322 e. The molecule has 2 aliphatic rings. The number of nitrogens with zero attached hydrogens (tertiary/aromatic N) is 1. The van der Waals surface area contributed by atoms with Gasteiger partial charge in [0.15, 0.2) is 0 Å². The predicted octanol–water partition coefficient (Wildman–Crippen LogP) is 3.08. The number of para-hydroxylation sites is 1. The van der Waals surface area contributed by atoms with Crippen molar-refractivity contribution in [2.75, 3.05) is 16.8 Å². The Morgan fingerprint density at radius 2 is 1.83 bits per heavy atom. The van der Waals surface area contributed by atoms with E-state index in [-0.39, 0.29) is 11.8 Å². The van der Waals surface area contributed by atoms with Crippen molar-refractivity contribution in [1.82, 2.24) is 0 Å². The second-order valence-electron chi connectivity index (χ2n) is 6.21. The van der Waals surface area contributed by atoms with Gasteiger partial charge in [0.1, 0.15) is 0 Å². The van der Waals surface area contributed by atoms with Crippen LogP contribution in [0.15, 0.2) is 36.4 Å². The number of amides is 2. The van der Waals surface area contributed by atoms with Crippen molar-refractivity contribution in [3.05, 3.63) is 58.7 Å². The molecule has 4 nitrogen and oxygen atoms in total. The Morgan fingerprint density at radius 3 is 2.61 bits per heavy atom. The van der Waals surface area contributed by atoms with Crippen LogP contribution in [-0.2, 0) is 17.6 Å². The number of hydrogen-bond acceptors (Lipinski definition) is 2. The first kappa shape index (κ1) is 14.0. The molecule has 0 aliphatic carbocycles. The highest BCUT2D eigenvalue weighted by Gasteiger charge is 2.32. The third-order valence-electron chi connectivity index (χ3n) is 4.71. The molecule has 0 saturated carbocycles. The van der Waals surface area contributed by atoms with Crippen LogP contribution in [0.3, 0.4) is 0 Å². The van der Waals surface area contributed by atoms with Crippen molar-refractivity contribution in [1.29, 1.82) is 0 Å². The number of hydrogen-bond donors (Lipinski definition) is 1. The minimum atomic E-state index is -0.0892. The SMILES string of the molecule is Cc1ccccc1NC(=O)c1cc2c3c(c1)CCN3C(=O)CC2. The lowest BCUT2D eigenvalue weighted by molar-refractivity contribution is -0.118. The highest BCUT2D eigenvalue weighted by Crippen LogP contribution is 2.37. The van der Waals surface area contributed by atoms with Gasteiger partial charge >= 0.3 is 0 Å². The van der Waals surface area contributed by atoms with E-state index in [2.05, 4.69) is 5.32 Å². The van der Waals surface area contributed by atoms with E-state index in [0.29, 0.717) is 12.0 Å². The van der Waals surface area contributed by atoms with Crippen molar-refractivity contribution >= 4 is 23.2 Å². The molecule has 0 atom stereocenters. The normalized spacial score (nSPS) is 15.5.